The van der Waals surface area contributed by atoms with Gasteiger partial charge in [0.2, 0.25) is 0 Å². The van der Waals surface area contributed by atoms with E-state index in [1.54, 1.807) is 12.1 Å². The number of alkyl halides is 3. The Balaban J connectivity index is 2.34. The molecule has 0 unspecified atom stereocenters. The molecule has 0 amide bonds. The van der Waals surface area contributed by atoms with Crippen LogP contribution in [0.4, 0.5) is 13.2 Å². The van der Waals surface area contributed by atoms with E-state index in [0.717, 1.165) is 5.56 Å². The summed E-state index contributed by atoms with van der Waals surface area (Å²) in [5.74, 6) is 0.285. The van der Waals surface area contributed by atoms with Crippen LogP contribution in [0.3, 0.4) is 0 Å². The third-order valence-corrected chi connectivity index (χ3v) is 2.95. The smallest absolute Gasteiger partial charge is 0.422 e. The SMILES string of the molecule is N=C1Cc2ccc(Br)c(OCC(F)(F)F)c2C=N1. The number of rotatable bonds is 2. The molecule has 7 heteroatoms. The van der Waals surface area contributed by atoms with Crippen LogP contribution >= 0.6 is 15.9 Å². The molecule has 0 fully saturated rings. The van der Waals surface area contributed by atoms with Gasteiger partial charge in [-0.2, -0.15) is 13.2 Å². The lowest BCUT2D eigenvalue weighted by atomic mass is 10.0. The zero-order valence-electron chi connectivity index (χ0n) is 9.01. The summed E-state index contributed by atoms with van der Waals surface area (Å²) in [5, 5.41) is 7.41. The lowest BCUT2D eigenvalue weighted by Crippen LogP contribution is -2.21. The van der Waals surface area contributed by atoms with Gasteiger partial charge in [0, 0.05) is 18.2 Å². The van der Waals surface area contributed by atoms with Gasteiger partial charge in [0.25, 0.3) is 0 Å². The normalized spacial score (nSPS) is 14.6. The van der Waals surface area contributed by atoms with Crippen molar-refractivity contribution in [2.24, 2.45) is 4.99 Å². The minimum Gasteiger partial charge on any atom is -0.482 e. The van der Waals surface area contributed by atoms with Gasteiger partial charge in [-0.05, 0) is 27.6 Å². The van der Waals surface area contributed by atoms with E-state index < -0.39 is 12.8 Å². The molecular weight excluding hydrogens is 313 g/mol. The molecule has 0 saturated heterocycles. The maximum Gasteiger partial charge on any atom is 0.422 e. The van der Waals surface area contributed by atoms with E-state index in [4.69, 9.17) is 10.1 Å². The highest BCUT2D eigenvalue weighted by Gasteiger charge is 2.29. The van der Waals surface area contributed by atoms with Gasteiger partial charge in [0.1, 0.15) is 11.6 Å². The molecule has 1 N–H and O–H groups in total. The Hall–Kier alpha value is -1.37. The summed E-state index contributed by atoms with van der Waals surface area (Å²) in [6.45, 7) is -1.35. The molecule has 0 spiro atoms. The predicted octanol–water partition coefficient (Wildman–Crippen LogP) is 3.34. The monoisotopic (exact) mass is 320 g/mol. The maximum absolute atomic E-state index is 12.2. The molecule has 1 heterocycles. The Labute approximate surface area is 109 Å². The Morgan fingerprint density at radius 1 is 1.39 bits per heavy atom. The number of fused-ring (bicyclic) bond motifs is 1. The minimum absolute atomic E-state index is 0.112. The van der Waals surface area contributed by atoms with Gasteiger partial charge in [-0.1, -0.05) is 6.07 Å². The van der Waals surface area contributed by atoms with Crippen LogP contribution in [0.2, 0.25) is 0 Å². The molecule has 0 saturated carbocycles. The van der Waals surface area contributed by atoms with Crippen molar-refractivity contribution in [1.82, 2.24) is 0 Å². The molecule has 0 radical (unpaired) electrons. The molecule has 2 rings (SSSR count). The third-order valence-electron chi connectivity index (χ3n) is 2.33. The van der Waals surface area contributed by atoms with Crippen molar-refractivity contribution in [1.29, 1.82) is 5.41 Å². The highest BCUT2D eigenvalue weighted by Crippen LogP contribution is 2.33. The maximum atomic E-state index is 12.2. The lowest BCUT2D eigenvalue weighted by molar-refractivity contribution is -0.153. The first kappa shape index (κ1) is 13.1. The van der Waals surface area contributed by atoms with E-state index in [0.29, 0.717) is 16.5 Å². The molecule has 0 aliphatic carbocycles. The van der Waals surface area contributed by atoms with Gasteiger partial charge < -0.3 is 4.74 Å². The van der Waals surface area contributed by atoms with Gasteiger partial charge in [-0.25, -0.2) is 4.99 Å². The molecule has 1 aliphatic heterocycles. The summed E-state index contributed by atoms with van der Waals surface area (Å²) in [4.78, 5) is 3.79. The summed E-state index contributed by atoms with van der Waals surface area (Å²) in [7, 11) is 0. The van der Waals surface area contributed by atoms with Gasteiger partial charge in [0.15, 0.2) is 6.61 Å². The zero-order valence-corrected chi connectivity index (χ0v) is 10.6. The number of halogens is 4. The van der Waals surface area contributed by atoms with E-state index in [2.05, 4.69) is 20.9 Å². The van der Waals surface area contributed by atoms with Crippen molar-refractivity contribution < 1.29 is 17.9 Å². The number of hydrogen-bond acceptors (Lipinski definition) is 2. The van der Waals surface area contributed by atoms with Crippen molar-refractivity contribution in [2.45, 2.75) is 12.6 Å². The summed E-state index contributed by atoms with van der Waals surface area (Å²) < 4.78 is 41.7. The third kappa shape index (κ3) is 2.90. The standard InChI is InChI=1S/C11H8BrF3N2O/c12-8-2-1-6-3-9(16)17-4-7(6)10(8)18-5-11(13,14)15/h1-2,4,16H,3,5H2. The zero-order chi connectivity index (χ0) is 13.3. The van der Waals surface area contributed by atoms with E-state index >= 15 is 0 Å². The van der Waals surface area contributed by atoms with Crippen LogP contribution in [0.5, 0.6) is 5.75 Å². The molecule has 3 nitrogen and oxygen atoms in total. The van der Waals surface area contributed by atoms with E-state index in [1.807, 2.05) is 0 Å². The van der Waals surface area contributed by atoms with Crippen LogP contribution < -0.4 is 4.74 Å². The number of ether oxygens (including phenoxy) is 1. The van der Waals surface area contributed by atoms with Gasteiger partial charge in [0.05, 0.1) is 4.47 Å². The fourth-order valence-electron chi connectivity index (χ4n) is 1.58. The van der Waals surface area contributed by atoms with Crippen molar-refractivity contribution in [3.05, 3.63) is 27.7 Å². The molecule has 18 heavy (non-hydrogen) atoms. The average molecular weight is 321 g/mol. The second-order valence-corrected chi connectivity index (χ2v) is 4.59. The first-order valence-corrected chi connectivity index (χ1v) is 5.78. The van der Waals surface area contributed by atoms with Crippen molar-refractivity contribution >= 4 is 28.0 Å². The highest BCUT2D eigenvalue weighted by molar-refractivity contribution is 9.10. The van der Waals surface area contributed by atoms with Crippen LogP contribution in [-0.2, 0) is 6.42 Å². The minimum atomic E-state index is -4.39. The average Bonchev–Trinajstić information content (AvgIpc) is 2.26. The number of hydrogen-bond donors (Lipinski definition) is 1. The fraction of sp³-hybridized carbons (Fsp3) is 0.273. The Morgan fingerprint density at radius 3 is 2.78 bits per heavy atom. The van der Waals surface area contributed by atoms with E-state index in [9.17, 15) is 13.2 Å². The predicted molar refractivity (Wildman–Crippen MR) is 64.7 cm³/mol. The molecule has 1 aromatic rings. The molecule has 1 aromatic carbocycles. The largest absolute Gasteiger partial charge is 0.482 e. The summed E-state index contributed by atoms with van der Waals surface area (Å²) >= 11 is 3.15. The van der Waals surface area contributed by atoms with Gasteiger partial charge >= 0.3 is 6.18 Å². The van der Waals surface area contributed by atoms with Crippen molar-refractivity contribution in [3.8, 4) is 5.75 Å². The van der Waals surface area contributed by atoms with E-state index in [-0.39, 0.29) is 11.6 Å². The summed E-state index contributed by atoms with van der Waals surface area (Å²) in [6, 6.07) is 3.34. The molecular formula is C11H8BrF3N2O. The number of benzene rings is 1. The molecule has 0 atom stereocenters. The van der Waals surface area contributed by atoms with Gasteiger partial charge in [-0.15, -0.1) is 0 Å². The lowest BCUT2D eigenvalue weighted by Gasteiger charge is -2.17. The molecule has 96 valence electrons. The molecule has 0 aromatic heterocycles. The molecule has 1 aliphatic rings. The van der Waals surface area contributed by atoms with Crippen LogP contribution in [0, 0.1) is 5.41 Å². The fourth-order valence-corrected chi connectivity index (χ4v) is 2.04. The number of aliphatic imine (C=N–C) groups is 1. The Bertz CT molecular complexity index is 526. The van der Waals surface area contributed by atoms with E-state index in [1.165, 1.54) is 6.21 Å². The second kappa shape index (κ2) is 4.72. The Kier molecular flexibility index (Phi) is 3.43. The topological polar surface area (TPSA) is 45.4 Å². The second-order valence-electron chi connectivity index (χ2n) is 3.73. The highest BCUT2D eigenvalue weighted by atomic mass is 79.9. The summed E-state index contributed by atoms with van der Waals surface area (Å²) in [6.07, 6.45) is -2.74. The van der Waals surface area contributed by atoms with Crippen LogP contribution in [0.1, 0.15) is 11.1 Å². The van der Waals surface area contributed by atoms with Crippen molar-refractivity contribution in [3.63, 3.8) is 0 Å². The van der Waals surface area contributed by atoms with Gasteiger partial charge in [-0.3, -0.25) is 5.41 Å². The Morgan fingerprint density at radius 2 is 2.11 bits per heavy atom. The molecule has 0 bridgehead atoms. The summed E-state index contributed by atoms with van der Waals surface area (Å²) in [5.41, 5.74) is 1.22. The van der Waals surface area contributed by atoms with Crippen LogP contribution in [0.25, 0.3) is 0 Å². The first-order valence-electron chi connectivity index (χ1n) is 4.99. The first-order chi connectivity index (χ1) is 8.37. The van der Waals surface area contributed by atoms with Crippen LogP contribution in [-0.4, -0.2) is 24.8 Å². The quantitative estimate of drug-likeness (QED) is 0.892. The van der Waals surface area contributed by atoms with Crippen molar-refractivity contribution in [2.75, 3.05) is 6.61 Å². The number of nitrogens with one attached hydrogen (secondary N) is 1. The van der Waals surface area contributed by atoms with Crippen LogP contribution in [0.15, 0.2) is 21.6 Å². The number of nitrogens with zero attached hydrogens (tertiary/aromatic N) is 1. The number of amidine groups is 1.